The van der Waals surface area contributed by atoms with Gasteiger partial charge in [-0.3, -0.25) is 0 Å². The van der Waals surface area contributed by atoms with Gasteiger partial charge in [-0.05, 0) is 18.2 Å². The zero-order chi connectivity index (χ0) is 8.97. The van der Waals surface area contributed by atoms with E-state index < -0.39 is 0 Å². The van der Waals surface area contributed by atoms with Crippen LogP contribution in [0.3, 0.4) is 0 Å². The summed E-state index contributed by atoms with van der Waals surface area (Å²) in [7, 11) is 1.65. The summed E-state index contributed by atoms with van der Waals surface area (Å²) in [6.45, 7) is 0. The van der Waals surface area contributed by atoms with Crippen molar-refractivity contribution in [3.05, 3.63) is 23.2 Å². The van der Waals surface area contributed by atoms with Crippen molar-refractivity contribution in [1.29, 1.82) is 0 Å². The Labute approximate surface area is 81.0 Å². The lowest BCUT2D eigenvalue weighted by Crippen LogP contribution is -1.87. The molecule has 0 bridgehead atoms. The van der Waals surface area contributed by atoms with Crippen molar-refractivity contribution < 1.29 is 4.74 Å². The van der Waals surface area contributed by atoms with Crippen molar-refractivity contribution in [1.82, 2.24) is 0 Å². The van der Waals surface area contributed by atoms with Gasteiger partial charge < -0.3 is 10.5 Å². The molecular weight excluding hydrogens is 194 g/mol. The quantitative estimate of drug-likeness (QED) is 0.466. The molecule has 2 N–H and O–H groups in total. The van der Waals surface area contributed by atoms with Crippen LogP contribution in [0.1, 0.15) is 0 Å². The fraction of sp³-hybridized carbons (Fsp3) is 0.250. The van der Waals surface area contributed by atoms with Gasteiger partial charge in [0.25, 0.3) is 0 Å². The first kappa shape index (κ1) is 9.71. The van der Waals surface area contributed by atoms with Crippen molar-refractivity contribution in [2.45, 2.75) is 4.90 Å². The number of hydrogen-bond donors (Lipinski definition) is 1. The Kier molecular flexibility index (Phi) is 3.72. The van der Waals surface area contributed by atoms with Gasteiger partial charge in [-0.25, -0.2) is 0 Å². The molecule has 1 aromatic rings. The summed E-state index contributed by atoms with van der Waals surface area (Å²) >= 11 is 7.43. The first-order valence-electron chi connectivity index (χ1n) is 3.41. The lowest BCUT2D eigenvalue weighted by Gasteiger charge is -2.03. The van der Waals surface area contributed by atoms with E-state index in [9.17, 15) is 0 Å². The SMILES string of the molecule is COCSc1cc(N)ccc1Cl. The molecule has 0 amide bonds. The minimum Gasteiger partial charge on any atom is -0.399 e. The van der Waals surface area contributed by atoms with Crippen LogP contribution in [0.5, 0.6) is 0 Å². The highest BCUT2D eigenvalue weighted by Gasteiger charge is 2.00. The Morgan fingerprint density at radius 3 is 3.00 bits per heavy atom. The Morgan fingerprint density at radius 1 is 1.58 bits per heavy atom. The van der Waals surface area contributed by atoms with Crippen LogP contribution in [0.2, 0.25) is 5.02 Å². The number of ether oxygens (including phenoxy) is 1. The third-order valence-corrected chi connectivity index (χ3v) is 2.73. The number of hydrogen-bond acceptors (Lipinski definition) is 3. The summed E-state index contributed by atoms with van der Waals surface area (Å²) in [5.74, 6) is 0.586. The average molecular weight is 204 g/mol. The summed E-state index contributed by atoms with van der Waals surface area (Å²) in [5, 5.41) is 0.714. The van der Waals surface area contributed by atoms with E-state index in [1.807, 2.05) is 6.07 Å². The number of rotatable bonds is 3. The van der Waals surface area contributed by atoms with E-state index in [4.69, 9.17) is 22.1 Å². The number of benzene rings is 1. The van der Waals surface area contributed by atoms with Gasteiger partial charge in [-0.15, -0.1) is 0 Å². The molecule has 0 radical (unpaired) electrons. The molecule has 0 aromatic heterocycles. The van der Waals surface area contributed by atoms with Crippen LogP contribution in [-0.4, -0.2) is 13.0 Å². The zero-order valence-electron chi connectivity index (χ0n) is 6.71. The molecule has 0 aliphatic rings. The number of anilines is 1. The summed E-state index contributed by atoms with van der Waals surface area (Å²) in [4.78, 5) is 0.957. The monoisotopic (exact) mass is 203 g/mol. The van der Waals surface area contributed by atoms with Crippen molar-refractivity contribution in [3.8, 4) is 0 Å². The molecule has 0 saturated heterocycles. The number of thioether (sulfide) groups is 1. The van der Waals surface area contributed by atoms with Gasteiger partial charge in [-0.2, -0.15) is 0 Å². The van der Waals surface area contributed by atoms with E-state index >= 15 is 0 Å². The third kappa shape index (κ3) is 2.59. The van der Waals surface area contributed by atoms with Crippen molar-refractivity contribution in [3.63, 3.8) is 0 Å². The number of nitrogen functional groups attached to an aromatic ring is 1. The average Bonchev–Trinajstić information content (AvgIpc) is 2.07. The predicted molar refractivity (Wildman–Crippen MR) is 53.6 cm³/mol. The van der Waals surface area contributed by atoms with E-state index in [2.05, 4.69) is 0 Å². The van der Waals surface area contributed by atoms with E-state index in [0.29, 0.717) is 11.0 Å². The van der Waals surface area contributed by atoms with Crippen molar-refractivity contribution in [2.24, 2.45) is 0 Å². The molecule has 2 nitrogen and oxygen atoms in total. The van der Waals surface area contributed by atoms with E-state index in [1.165, 1.54) is 11.8 Å². The van der Waals surface area contributed by atoms with Crippen molar-refractivity contribution in [2.75, 3.05) is 18.8 Å². The maximum absolute atomic E-state index is 5.90. The van der Waals surface area contributed by atoms with Crippen LogP contribution in [-0.2, 0) is 4.74 Å². The molecule has 12 heavy (non-hydrogen) atoms. The van der Waals surface area contributed by atoms with Crippen LogP contribution >= 0.6 is 23.4 Å². The molecule has 0 spiro atoms. The predicted octanol–water partition coefficient (Wildman–Crippen LogP) is 2.62. The van der Waals surface area contributed by atoms with Crippen molar-refractivity contribution >= 4 is 29.1 Å². The fourth-order valence-electron chi connectivity index (χ4n) is 0.753. The Morgan fingerprint density at radius 2 is 2.33 bits per heavy atom. The fourth-order valence-corrected chi connectivity index (χ4v) is 1.70. The Hall–Kier alpha value is -0.380. The largest absolute Gasteiger partial charge is 0.399 e. The molecule has 0 unspecified atom stereocenters. The normalized spacial score (nSPS) is 10.2. The van der Waals surface area contributed by atoms with Crippen LogP contribution in [0.25, 0.3) is 0 Å². The van der Waals surface area contributed by atoms with Gasteiger partial charge >= 0.3 is 0 Å². The van der Waals surface area contributed by atoms with Crippen LogP contribution in [0.15, 0.2) is 23.1 Å². The Bertz CT molecular complexity index is 267. The van der Waals surface area contributed by atoms with Gasteiger partial charge in [0, 0.05) is 17.7 Å². The molecule has 0 aliphatic carbocycles. The first-order chi connectivity index (χ1) is 5.74. The molecule has 0 aliphatic heterocycles. The standard InChI is InChI=1S/C8H10ClNOS/c1-11-5-12-8-4-6(10)2-3-7(8)9/h2-4H,5,10H2,1H3. The smallest absolute Gasteiger partial charge is 0.0963 e. The maximum Gasteiger partial charge on any atom is 0.0963 e. The molecule has 0 fully saturated rings. The van der Waals surface area contributed by atoms with Gasteiger partial charge in [0.1, 0.15) is 0 Å². The minimum atomic E-state index is 0.586. The maximum atomic E-state index is 5.90. The highest BCUT2D eigenvalue weighted by atomic mass is 35.5. The Balaban J connectivity index is 2.75. The topological polar surface area (TPSA) is 35.2 Å². The molecule has 66 valence electrons. The van der Waals surface area contributed by atoms with Gasteiger partial charge in [0.15, 0.2) is 0 Å². The third-order valence-electron chi connectivity index (χ3n) is 1.29. The zero-order valence-corrected chi connectivity index (χ0v) is 8.28. The second-order valence-electron chi connectivity index (χ2n) is 2.24. The van der Waals surface area contributed by atoms with Crippen LogP contribution in [0.4, 0.5) is 5.69 Å². The number of halogens is 1. The lowest BCUT2D eigenvalue weighted by atomic mass is 10.3. The number of nitrogens with two attached hydrogens (primary N) is 1. The molecule has 1 aromatic carbocycles. The number of methoxy groups -OCH3 is 1. The molecule has 4 heteroatoms. The van der Waals surface area contributed by atoms with Crippen LogP contribution in [0, 0.1) is 0 Å². The van der Waals surface area contributed by atoms with Gasteiger partial charge in [-0.1, -0.05) is 23.4 Å². The molecule has 0 atom stereocenters. The van der Waals surface area contributed by atoms with E-state index in [0.717, 1.165) is 10.6 Å². The molecular formula is C8H10ClNOS. The van der Waals surface area contributed by atoms with Gasteiger partial charge in [0.2, 0.25) is 0 Å². The molecule has 1 rings (SSSR count). The van der Waals surface area contributed by atoms with E-state index in [1.54, 1.807) is 19.2 Å². The summed E-state index contributed by atoms with van der Waals surface area (Å²) < 4.78 is 4.90. The highest BCUT2D eigenvalue weighted by molar-refractivity contribution is 7.99. The first-order valence-corrected chi connectivity index (χ1v) is 4.77. The lowest BCUT2D eigenvalue weighted by molar-refractivity contribution is 0.259. The molecule has 0 saturated carbocycles. The summed E-state index contributed by atoms with van der Waals surface area (Å²) in [6.07, 6.45) is 0. The second-order valence-corrected chi connectivity index (χ2v) is 3.61. The minimum absolute atomic E-state index is 0.586. The van der Waals surface area contributed by atoms with E-state index in [-0.39, 0.29) is 0 Å². The summed E-state index contributed by atoms with van der Waals surface area (Å²) in [6, 6.07) is 5.40. The highest BCUT2D eigenvalue weighted by Crippen LogP contribution is 2.28. The van der Waals surface area contributed by atoms with Crippen LogP contribution < -0.4 is 5.73 Å². The summed E-state index contributed by atoms with van der Waals surface area (Å²) in [5.41, 5.74) is 6.31. The second kappa shape index (κ2) is 4.60. The molecule has 0 heterocycles. The van der Waals surface area contributed by atoms with Gasteiger partial charge in [0.05, 0.1) is 11.0 Å².